The van der Waals surface area contributed by atoms with Gasteiger partial charge in [0.2, 0.25) is 0 Å². The lowest BCUT2D eigenvalue weighted by Crippen LogP contribution is -2.62. The monoisotopic (exact) mass is 288 g/mol. The highest BCUT2D eigenvalue weighted by atomic mass is 15.3. The first-order valence-corrected chi connectivity index (χ1v) is 6.61. The molecule has 0 radical (unpaired) electrons. The number of nitriles is 4. The largest absolute Gasteiger partial charge is 0.279 e. The predicted molar refractivity (Wildman–Crippen MR) is 78.5 cm³/mol. The van der Waals surface area contributed by atoms with Crippen LogP contribution in [0.2, 0.25) is 0 Å². The van der Waals surface area contributed by atoms with Gasteiger partial charge in [0.25, 0.3) is 0 Å². The minimum absolute atomic E-state index is 0.455. The highest BCUT2D eigenvalue weighted by Gasteiger charge is 2.73. The fourth-order valence-corrected chi connectivity index (χ4v) is 2.87. The first kappa shape index (κ1) is 15.0. The number of hydrogen-bond donors (Lipinski definition) is 1. The van der Waals surface area contributed by atoms with E-state index in [2.05, 4.69) is 10.5 Å². The summed E-state index contributed by atoms with van der Waals surface area (Å²) in [6.45, 7) is 1.68. The van der Waals surface area contributed by atoms with Gasteiger partial charge in [-0.1, -0.05) is 25.1 Å². The SMILES string of the molecule is CC1C(/C=N/Nc2ccccc2)C(C#N)(C#N)C1(C#N)C#N. The Kier molecular flexibility index (Phi) is 3.81. The Morgan fingerprint density at radius 2 is 1.55 bits per heavy atom. The minimum Gasteiger partial charge on any atom is -0.279 e. The second-order valence-corrected chi connectivity index (χ2v) is 5.13. The zero-order valence-electron chi connectivity index (χ0n) is 11.9. The molecule has 1 aliphatic rings. The molecule has 6 heteroatoms. The molecule has 0 bridgehead atoms. The number of rotatable bonds is 3. The van der Waals surface area contributed by atoms with Crippen LogP contribution in [0.5, 0.6) is 0 Å². The van der Waals surface area contributed by atoms with Crippen LogP contribution in [0, 0.1) is 68.0 Å². The van der Waals surface area contributed by atoms with Gasteiger partial charge < -0.3 is 0 Å². The molecule has 1 saturated carbocycles. The third kappa shape index (κ3) is 1.80. The van der Waals surface area contributed by atoms with Crippen LogP contribution >= 0.6 is 0 Å². The highest BCUT2D eigenvalue weighted by Crippen LogP contribution is 2.62. The van der Waals surface area contributed by atoms with Crippen molar-refractivity contribution in [3.05, 3.63) is 30.3 Å². The third-order valence-corrected chi connectivity index (χ3v) is 4.25. The fraction of sp³-hybridized carbons (Fsp3) is 0.312. The minimum atomic E-state index is -1.70. The lowest BCUT2D eigenvalue weighted by molar-refractivity contribution is 0.00298. The van der Waals surface area contributed by atoms with Gasteiger partial charge in [0.15, 0.2) is 10.8 Å². The van der Waals surface area contributed by atoms with E-state index in [4.69, 9.17) is 0 Å². The van der Waals surface area contributed by atoms with Gasteiger partial charge in [-0.05, 0) is 12.1 Å². The number of anilines is 1. The van der Waals surface area contributed by atoms with E-state index in [9.17, 15) is 21.0 Å². The molecular formula is C16H12N6. The van der Waals surface area contributed by atoms with E-state index in [1.165, 1.54) is 6.21 Å². The van der Waals surface area contributed by atoms with E-state index < -0.39 is 22.7 Å². The number of para-hydroxylation sites is 1. The van der Waals surface area contributed by atoms with Crippen molar-refractivity contribution in [3.8, 4) is 24.3 Å². The second kappa shape index (κ2) is 5.57. The average molecular weight is 288 g/mol. The van der Waals surface area contributed by atoms with Crippen LogP contribution in [-0.2, 0) is 0 Å². The molecule has 2 rings (SSSR count). The number of hydrogen-bond acceptors (Lipinski definition) is 6. The Balaban J connectivity index is 2.26. The van der Waals surface area contributed by atoms with E-state index in [1.807, 2.05) is 54.6 Å². The summed E-state index contributed by atoms with van der Waals surface area (Å²) in [5.74, 6) is -1.04. The Bertz CT molecular complexity index is 725. The van der Waals surface area contributed by atoms with E-state index in [0.29, 0.717) is 0 Å². The van der Waals surface area contributed by atoms with Crippen LogP contribution in [-0.4, -0.2) is 6.21 Å². The lowest BCUT2D eigenvalue weighted by Gasteiger charge is -2.52. The van der Waals surface area contributed by atoms with Crippen molar-refractivity contribution in [2.45, 2.75) is 6.92 Å². The molecule has 0 heterocycles. The molecule has 0 aromatic heterocycles. The summed E-state index contributed by atoms with van der Waals surface area (Å²) < 4.78 is 0. The smallest absolute Gasteiger partial charge is 0.183 e. The molecule has 2 atom stereocenters. The molecule has 1 fully saturated rings. The number of nitrogens with zero attached hydrogens (tertiary/aromatic N) is 5. The quantitative estimate of drug-likeness (QED) is 0.676. The van der Waals surface area contributed by atoms with Gasteiger partial charge in [-0.15, -0.1) is 0 Å². The van der Waals surface area contributed by atoms with Gasteiger partial charge >= 0.3 is 0 Å². The average Bonchev–Trinajstić information content (AvgIpc) is 2.57. The maximum absolute atomic E-state index is 9.38. The number of benzene rings is 1. The summed E-state index contributed by atoms with van der Waals surface area (Å²) in [5, 5.41) is 41.4. The van der Waals surface area contributed by atoms with Crippen molar-refractivity contribution in [1.29, 1.82) is 21.0 Å². The molecular weight excluding hydrogens is 276 g/mol. The van der Waals surface area contributed by atoms with Gasteiger partial charge in [0.1, 0.15) is 0 Å². The van der Waals surface area contributed by atoms with Crippen LogP contribution < -0.4 is 5.43 Å². The molecule has 6 nitrogen and oxygen atoms in total. The van der Waals surface area contributed by atoms with Crippen molar-refractivity contribution in [3.63, 3.8) is 0 Å². The van der Waals surface area contributed by atoms with E-state index in [1.54, 1.807) is 6.92 Å². The van der Waals surface area contributed by atoms with Crippen molar-refractivity contribution < 1.29 is 0 Å². The van der Waals surface area contributed by atoms with E-state index >= 15 is 0 Å². The maximum atomic E-state index is 9.38. The van der Waals surface area contributed by atoms with Gasteiger partial charge in [-0.2, -0.15) is 26.1 Å². The normalized spacial score (nSPS) is 24.0. The Morgan fingerprint density at radius 3 is 2.05 bits per heavy atom. The van der Waals surface area contributed by atoms with Crippen LogP contribution in [0.1, 0.15) is 6.92 Å². The van der Waals surface area contributed by atoms with Crippen molar-refractivity contribution in [1.82, 2.24) is 0 Å². The molecule has 1 aromatic rings. The van der Waals surface area contributed by atoms with Crippen LogP contribution in [0.3, 0.4) is 0 Å². The van der Waals surface area contributed by atoms with Gasteiger partial charge in [0.05, 0.1) is 30.0 Å². The molecule has 1 N–H and O–H groups in total. The predicted octanol–water partition coefficient (Wildman–Crippen LogP) is 2.42. The summed E-state index contributed by atoms with van der Waals surface area (Å²) in [6.07, 6.45) is 1.44. The standard InChI is InChI=1S/C16H12N6/c1-12-14(7-21-22-13-5-3-2-4-6-13)16(10-19,11-20)15(12,8-17)9-18/h2-7,12,14,22H,1H3/b21-7+. The molecule has 22 heavy (non-hydrogen) atoms. The third-order valence-electron chi connectivity index (χ3n) is 4.25. The molecule has 1 aromatic carbocycles. The summed E-state index contributed by atoms with van der Waals surface area (Å²) in [5.41, 5.74) is 0.238. The van der Waals surface area contributed by atoms with Crippen LogP contribution in [0.15, 0.2) is 35.4 Å². The van der Waals surface area contributed by atoms with Gasteiger partial charge in [-0.25, -0.2) is 0 Å². The Labute approximate surface area is 128 Å². The topological polar surface area (TPSA) is 120 Å². The number of nitrogens with one attached hydrogen (secondary N) is 1. The molecule has 0 aliphatic heterocycles. The maximum Gasteiger partial charge on any atom is 0.183 e. The summed E-state index contributed by atoms with van der Waals surface area (Å²) in [6, 6.07) is 16.6. The zero-order valence-corrected chi connectivity index (χ0v) is 11.9. The summed E-state index contributed by atoms with van der Waals surface area (Å²) in [7, 11) is 0. The summed E-state index contributed by atoms with van der Waals surface area (Å²) >= 11 is 0. The van der Waals surface area contributed by atoms with Crippen LogP contribution in [0.25, 0.3) is 0 Å². The number of hydrazone groups is 1. The van der Waals surface area contributed by atoms with Gasteiger partial charge in [0, 0.05) is 18.1 Å². The van der Waals surface area contributed by atoms with Gasteiger partial charge in [-0.3, -0.25) is 5.43 Å². The highest BCUT2D eigenvalue weighted by molar-refractivity contribution is 5.71. The second-order valence-electron chi connectivity index (χ2n) is 5.13. The first-order chi connectivity index (χ1) is 10.6. The molecule has 0 spiro atoms. The van der Waals surface area contributed by atoms with E-state index in [-0.39, 0.29) is 0 Å². The molecule has 0 amide bonds. The summed E-state index contributed by atoms with van der Waals surface area (Å²) in [4.78, 5) is 0. The van der Waals surface area contributed by atoms with E-state index in [0.717, 1.165) is 5.69 Å². The van der Waals surface area contributed by atoms with Crippen LogP contribution in [0.4, 0.5) is 5.69 Å². The fourth-order valence-electron chi connectivity index (χ4n) is 2.87. The Hall–Kier alpha value is -3.35. The molecule has 1 aliphatic carbocycles. The zero-order chi connectivity index (χ0) is 16.2. The molecule has 0 saturated heterocycles. The van der Waals surface area contributed by atoms with Crippen molar-refractivity contribution >= 4 is 11.9 Å². The van der Waals surface area contributed by atoms with Crippen molar-refractivity contribution in [2.75, 3.05) is 5.43 Å². The Morgan fingerprint density at radius 1 is 1.00 bits per heavy atom. The molecule has 2 unspecified atom stereocenters. The van der Waals surface area contributed by atoms with Crippen molar-refractivity contribution in [2.24, 2.45) is 27.8 Å². The lowest BCUT2D eigenvalue weighted by atomic mass is 9.40. The molecule has 106 valence electrons. The first-order valence-electron chi connectivity index (χ1n) is 6.61.